The zero-order valence-electron chi connectivity index (χ0n) is 89.6. The van der Waals surface area contributed by atoms with Crippen LogP contribution in [0.15, 0.2) is 0 Å². The number of rotatable bonds is 15. The number of amides is 7. The Morgan fingerprint density at radius 2 is 0.626 bits per heavy atom. The monoisotopic (exact) mass is 1980 g/mol. The molecule has 0 aliphatic carbocycles. The topological polar surface area (TPSA) is 228 Å². The highest BCUT2D eigenvalue weighted by Crippen LogP contribution is 2.43. The molecule has 18 aliphatic heterocycles. The Kier molecular flexibility index (Phi) is 44.7. The van der Waals surface area contributed by atoms with Crippen molar-refractivity contribution in [3.8, 4) is 0 Å². The Morgan fingerprint density at radius 3 is 0.935 bits per heavy atom. The predicted octanol–water partition coefficient (Wildman–Crippen LogP) is 11.0. The summed E-state index contributed by atoms with van der Waals surface area (Å²) in [6.45, 7) is 37.2. The number of ether oxygens (including phenoxy) is 1. The summed E-state index contributed by atoms with van der Waals surface area (Å²) in [6.07, 6.45) is 30.3. The number of likely N-dealkylation sites (tertiary alicyclic amines) is 18. The number of aliphatic hydroxyl groups excluding tert-OH is 1. The zero-order chi connectivity index (χ0) is 102. The maximum absolute atomic E-state index is 13.6. The number of hydrogen-bond donors (Lipinski definition) is 2. The molecule has 139 heavy (non-hydrogen) atoms. The molecule has 28 nitrogen and oxygen atoms in total. The first-order valence-corrected chi connectivity index (χ1v) is 54.5. The summed E-state index contributed by atoms with van der Waals surface area (Å²) in [7, 11) is 20.7. The van der Waals surface area contributed by atoms with E-state index in [1.165, 1.54) is 30.6 Å². The van der Waals surface area contributed by atoms with Gasteiger partial charge in [-0.15, -0.1) is 0 Å². The fourth-order valence-electron chi connectivity index (χ4n) is 25.7. The molecule has 0 radical (unpaired) electrons. The molecule has 0 saturated carbocycles. The highest BCUT2D eigenvalue weighted by atomic mass is 19.3. The van der Waals surface area contributed by atoms with Crippen molar-refractivity contribution in [1.82, 2.24) is 88.2 Å². The summed E-state index contributed by atoms with van der Waals surface area (Å²) in [4.78, 5) is 121. The fraction of sp³-hybridized carbons (Fsp3) is 0.933. The van der Waals surface area contributed by atoms with Gasteiger partial charge in [-0.2, -0.15) is 0 Å². The Morgan fingerprint density at radius 1 is 0.345 bits per heavy atom. The van der Waals surface area contributed by atoms with Crippen molar-refractivity contribution in [3.63, 3.8) is 0 Å². The lowest BCUT2D eigenvalue weighted by molar-refractivity contribution is -0.142. The highest BCUT2D eigenvalue weighted by Gasteiger charge is 2.54. The third kappa shape index (κ3) is 33.7. The van der Waals surface area contributed by atoms with Gasteiger partial charge in [0, 0.05) is 174 Å². The van der Waals surface area contributed by atoms with Gasteiger partial charge in [0.25, 0.3) is 17.8 Å². The first kappa shape index (κ1) is 116. The quantitative estimate of drug-likeness (QED) is 0.115. The van der Waals surface area contributed by atoms with Gasteiger partial charge in [-0.1, -0.05) is 13.8 Å². The summed E-state index contributed by atoms with van der Waals surface area (Å²) in [5.41, 5.74) is -0.971. The lowest BCUT2D eigenvalue weighted by atomic mass is 9.93. The normalized spacial score (nSPS) is 30.8. The second kappa shape index (κ2) is 53.4. The minimum Gasteiger partial charge on any atom is -0.392 e. The predicted molar refractivity (Wildman–Crippen MR) is 537 cm³/mol. The average molecular weight is 1980 g/mol. The molecule has 0 aromatic rings. The minimum atomic E-state index is -2.66. The van der Waals surface area contributed by atoms with Crippen molar-refractivity contribution in [2.75, 3.05) is 215 Å². The number of methoxy groups -OCH3 is 1. The summed E-state index contributed by atoms with van der Waals surface area (Å²) >= 11 is 0. The smallest absolute Gasteiger partial charge is 0.262 e. The molecule has 2 N–H and O–H groups in total. The molecule has 0 bridgehead atoms. The number of halogens is 6. The van der Waals surface area contributed by atoms with Crippen LogP contribution in [0, 0.1) is 0 Å². The van der Waals surface area contributed by atoms with E-state index in [1.807, 2.05) is 14.7 Å². The Hall–Kier alpha value is -4.53. The van der Waals surface area contributed by atoms with Crippen LogP contribution in [-0.4, -0.2) is 486 Å². The van der Waals surface area contributed by atoms with Crippen LogP contribution in [0.3, 0.4) is 0 Å². The van der Waals surface area contributed by atoms with Crippen LogP contribution >= 0.6 is 0 Å². The van der Waals surface area contributed by atoms with Crippen LogP contribution in [0.2, 0.25) is 0 Å². The van der Waals surface area contributed by atoms with Gasteiger partial charge >= 0.3 is 0 Å². The molecule has 7 amide bonds. The minimum absolute atomic E-state index is 0.0320. The number of alkyl halides is 6. The highest BCUT2D eigenvalue weighted by molar-refractivity contribution is 6.02. The van der Waals surface area contributed by atoms with E-state index in [4.69, 9.17) is 4.74 Å². The van der Waals surface area contributed by atoms with Gasteiger partial charge < -0.3 is 83.5 Å². The van der Waals surface area contributed by atoms with Crippen molar-refractivity contribution >= 4 is 41.4 Å². The summed E-state index contributed by atoms with van der Waals surface area (Å²) in [6, 6.07) is 4.59. The number of nitrogens with zero attached hydrogens (tertiary/aromatic N) is 18. The molecule has 0 spiro atoms. The van der Waals surface area contributed by atoms with Crippen LogP contribution in [0.5, 0.6) is 0 Å². The van der Waals surface area contributed by atoms with Gasteiger partial charge in [0.15, 0.2) is 0 Å². The lowest BCUT2D eigenvalue weighted by Crippen LogP contribution is -2.52. The molecule has 18 saturated heterocycles. The SMILES string of the molecule is CC(O)[C@H]1CC(F)(F)CN1C1CCN(C)CC1.CC[C@@H]1CCC(=O)N1C1CCN(C)CC1.CC[C@H]1CCC(=O)N1C1CCN(C)CC1.CN1CCC(N2C(=O)CCC2(C)C)CC1.CN1CCC(N2C(=O)CCC2=O)CC1.CN1CCC(N2CC(F)(F)C[C@@H]2C(C)(C)O)CC1.COC[C@H]1CC(F)(F)CN1C1CCN(C)CC1.C[C@@H]1CCC(=O)N1C1CCN(C)CC1.C[C@H]1CCC(=O)N1C1CCN(C)CC1. The van der Waals surface area contributed by atoms with E-state index in [0.717, 1.165) is 285 Å². The molecule has 802 valence electrons. The zero-order valence-corrected chi connectivity index (χ0v) is 89.6. The lowest BCUT2D eigenvalue weighted by Gasteiger charge is -2.42. The standard InChI is InChI=1S/C13H24F2N2O.2C12H22F2N2O.3C12H22N2O.2C11H20N2O.C10H16N2O2/c1-12(2,18)11-8-13(14,15)9-17(11)10-4-6-16(3)7-5-10;1-15-5-3-10(4-6-15)16-9-12(13,14)7-11(16)8-17-2;1-9(17)11-7-12(13,14)8-16(11)10-3-5-15(2)6-4-10;1-12(2)7-4-11(15)14(12)10-5-8-13(3)9-6-10;2*1-3-10-4-5-12(15)14(10)11-6-8-13(2)9-7-11;2*1-9-3-4-11(14)13(9)10-5-7-12(2)8-6-10;1-11-6-4-8(5-7-11)12-9(13)2-3-10(12)14/h10-11,18H,4-9H2,1-3H3;10-11H,3-9H2,1-2H3;9-11,17H,3-8H2,1-2H3;10H,4-9H2,1-3H3;2*10-11H,3-9H2,1-2H3;2*9-10H,3-8H2,1-2H3;8H,2-7H2,1H3/t2*11-;9?,11-;;2*10-;2*9-;/m111.1010./s1. The fourth-order valence-corrected chi connectivity index (χ4v) is 25.7. The van der Waals surface area contributed by atoms with Crippen molar-refractivity contribution in [1.29, 1.82) is 0 Å². The van der Waals surface area contributed by atoms with Gasteiger partial charge in [0.2, 0.25) is 41.4 Å². The van der Waals surface area contributed by atoms with Crippen LogP contribution in [0.4, 0.5) is 26.3 Å². The van der Waals surface area contributed by atoms with E-state index in [1.54, 1.807) is 27.9 Å². The van der Waals surface area contributed by atoms with Gasteiger partial charge in [0.1, 0.15) is 0 Å². The summed E-state index contributed by atoms with van der Waals surface area (Å²) < 4.78 is 86.3. The van der Waals surface area contributed by atoms with E-state index in [9.17, 15) is 70.1 Å². The second-order valence-corrected chi connectivity index (χ2v) is 46.5. The van der Waals surface area contributed by atoms with Gasteiger partial charge in [-0.3, -0.25) is 53.2 Å². The average Bonchev–Trinajstić information content (AvgIpc) is 1.64. The number of hydrogen-bond acceptors (Lipinski definition) is 22. The molecular weight excluding hydrogens is 1790 g/mol. The maximum atomic E-state index is 13.6. The van der Waals surface area contributed by atoms with E-state index >= 15 is 0 Å². The van der Waals surface area contributed by atoms with E-state index < -0.39 is 35.5 Å². The molecule has 18 heterocycles. The number of carbonyl (C=O) groups excluding carboxylic acids is 7. The number of piperidine rings is 9. The molecule has 0 aromatic carbocycles. The van der Waals surface area contributed by atoms with Crippen molar-refractivity contribution in [2.45, 2.75) is 419 Å². The van der Waals surface area contributed by atoms with Crippen molar-refractivity contribution in [3.05, 3.63) is 0 Å². The van der Waals surface area contributed by atoms with Crippen LogP contribution in [-0.2, 0) is 38.3 Å². The molecule has 18 aliphatic rings. The maximum Gasteiger partial charge on any atom is 0.262 e. The summed E-state index contributed by atoms with van der Waals surface area (Å²) in [5.74, 6) is -5.83. The Balaban J connectivity index is 0.000000161. The molecular formula is C105H190F6N18O10. The van der Waals surface area contributed by atoms with Crippen LogP contribution in [0.25, 0.3) is 0 Å². The third-order valence-electron chi connectivity index (χ3n) is 34.4. The van der Waals surface area contributed by atoms with Crippen LogP contribution < -0.4 is 0 Å². The Labute approximate surface area is 833 Å². The van der Waals surface area contributed by atoms with Gasteiger partial charge in [-0.25, -0.2) is 26.3 Å². The van der Waals surface area contributed by atoms with Crippen LogP contribution in [0.1, 0.15) is 287 Å². The molecule has 18 fully saturated rings. The van der Waals surface area contributed by atoms with E-state index in [2.05, 4.69) is 174 Å². The third-order valence-corrected chi connectivity index (χ3v) is 34.4. The molecule has 1 unspecified atom stereocenters. The molecule has 0 aromatic heterocycles. The molecule has 18 rings (SSSR count). The Bertz CT molecular complexity index is 3620. The van der Waals surface area contributed by atoms with Crippen molar-refractivity contribution in [2.24, 2.45) is 0 Å². The van der Waals surface area contributed by atoms with Crippen molar-refractivity contribution < 1.29 is 74.9 Å². The first-order chi connectivity index (χ1) is 65.6. The van der Waals surface area contributed by atoms with E-state index in [0.29, 0.717) is 109 Å². The van der Waals surface area contributed by atoms with Gasteiger partial charge in [0.05, 0.1) is 37.9 Å². The molecule has 8 atom stereocenters. The largest absolute Gasteiger partial charge is 0.392 e. The summed E-state index contributed by atoms with van der Waals surface area (Å²) in [5, 5.41) is 19.8. The number of carbonyl (C=O) groups is 7. The van der Waals surface area contributed by atoms with E-state index in [-0.39, 0.29) is 86.5 Å². The first-order valence-electron chi connectivity index (χ1n) is 54.5. The molecule has 34 heteroatoms. The second-order valence-electron chi connectivity index (χ2n) is 46.5. The number of aliphatic hydroxyl groups is 2. The number of imide groups is 1. The van der Waals surface area contributed by atoms with Gasteiger partial charge in [-0.05, 0) is 390 Å².